The van der Waals surface area contributed by atoms with Crippen LogP contribution in [0.1, 0.15) is 51.8 Å². The van der Waals surface area contributed by atoms with Crippen molar-refractivity contribution in [3.63, 3.8) is 0 Å². The zero-order chi connectivity index (χ0) is 11.9. The molecule has 3 N–H and O–H groups in total. The van der Waals surface area contributed by atoms with E-state index in [0.717, 1.165) is 23.1 Å². The van der Waals surface area contributed by atoms with Gasteiger partial charge in [0.05, 0.1) is 17.1 Å². The number of aromatic nitrogens is 4. The van der Waals surface area contributed by atoms with Gasteiger partial charge in [-0.3, -0.25) is 5.10 Å². The molecule has 0 spiro atoms. The average molecular weight is 221 g/mol. The van der Waals surface area contributed by atoms with Crippen LogP contribution in [0.3, 0.4) is 0 Å². The van der Waals surface area contributed by atoms with E-state index in [1.165, 1.54) is 0 Å². The van der Waals surface area contributed by atoms with E-state index in [9.17, 15) is 0 Å². The highest BCUT2D eigenvalue weighted by Crippen LogP contribution is 2.29. The smallest absolute Gasteiger partial charge is 0.182 e. The van der Waals surface area contributed by atoms with Gasteiger partial charge in [0, 0.05) is 0 Å². The molecule has 2 rings (SSSR count). The summed E-state index contributed by atoms with van der Waals surface area (Å²) >= 11 is 0. The van der Waals surface area contributed by atoms with Crippen LogP contribution in [-0.2, 0) is 0 Å². The number of nitrogens with one attached hydrogen (secondary N) is 1. The Hall–Kier alpha value is -1.52. The zero-order valence-corrected chi connectivity index (χ0v) is 10.3. The van der Waals surface area contributed by atoms with E-state index in [-0.39, 0.29) is 0 Å². The Labute approximate surface area is 95.0 Å². The van der Waals surface area contributed by atoms with Crippen molar-refractivity contribution in [1.29, 1.82) is 0 Å². The van der Waals surface area contributed by atoms with Crippen LogP contribution in [0.5, 0.6) is 0 Å². The summed E-state index contributed by atoms with van der Waals surface area (Å²) in [6.45, 7) is 8.52. The van der Waals surface area contributed by atoms with Crippen molar-refractivity contribution < 1.29 is 0 Å². The van der Waals surface area contributed by atoms with Gasteiger partial charge in [-0.15, -0.1) is 0 Å². The normalized spacial score (nSPS) is 13.8. The van der Waals surface area contributed by atoms with Gasteiger partial charge in [-0.05, 0) is 19.3 Å². The van der Waals surface area contributed by atoms with Gasteiger partial charge in [-0.1, -0.05) is 20.8 Å². The highest BCUT2D eigenvalue weighted by Gasteiger charge is 2.20. The Morgan fingerprint density at radius 2 is 2.06 bits per heavy atom. The first-order valence-corrected chi connectivity index (χ1v) is 5.78. The second kappa shape index (κ2) is 3.81. The van der Waals surface area contributed by atoms with Crippen LogP contribution >= 0.6 is 0 Å². The van der Waals surface area contributed by atoms with Crippen LogP contribution in [0, 0.1) is 0 Å². The third-order valence-corrected chi connectivity index (χ3v) is 3.02. The Morgan fingerprint density at radius 1 is 1.38 bits per heavy atom. The van der Waals surface area contributed by atoms with Crippen LogP contribution in [0.4, 0.5) is 5.82 Å². The van der Waals surface area contributed by atoms with E-state index < -0.39 is 0 Å². The Balaban J connectivity index is 2.68. The predicted molar refractivity (Wildman–Crippen MR) is 65.4 cm³/mol. The molecule has 0 bridgehead atoms. The van der Waals surface area contributed by atoms with Crippen LogP contribution < -0.4 is 5.73 Å². The van der Waals surface area contributed by atoms with Crippen LogP contribution in [0.2, 0.25) is 0 Å². The maximum Gasteiger partial charge on any atom is 0.182 e. The fourth-order valence-electron chi connectivity index (χ4n) is 1.86. The lowest BCUT2D eigenvalue weighted by Gasteiger charge is -2.09. The third-order valence-electron chi connectivity index (χ3n) is 3.02. The number of rotatable bonds is 3. The molecule has 16 heavy (non-hydrogen) atoms. The summed E-state index contributed by atoms with van der Waals surface area (Å²) in [5, 5.41) is 12.7. The lowest BCUT2D eigenvalue weighted by molar-refractivity contribution is 0.481. The van der Waals surface area contributed by atoms with Gasteiger partial charge in [0.1, 0.15) is 5.82 Å². The molecule has 2 heterocycles. The maximum atomic E-state index is 5.90. The van der Waals surface area contributed by atoms with Crippen LogP contribution in [-0.4, -0.2) is 20.0 Å². The number of nitrogens with two attached hydrogens (primary N) is 1. The fourth-order valence-corrected chi connectivity index (χ4v) is 1.86. The summed E-state index contributed by atoms with van der Waals surface area (Å²) in [6.07, 6.45) is 1.03. The van der Waals surface area contributed by atoms with Crippen molar-refractivity contribution in [2.24, 2.45) is 0 Å². The number of H-pyrrole nitrogens is 1. The third kappa shape index (κ3) is 1.47. The van der Waals surface area contributed by atoms with Gasteiger partial charge in [-0.2, -0.15) is 10.2 Å². The topological polar surface area (TPSA) is 72.5 Å². The van der Waals surface area contributed by atoms with Gasteiger partial charge >= 0.3 is 0 Å². The minimum Gasteiger partial charge on any atom is -0.383 e. The number of nitrogen functional groups attached to an aromatic ring is 1. The molecule has 88 valence electrons. The first-order valence-electron chi connectivity index (χ1n) is 5.78. The van der Waals surface area contributed by atoms with E-state index in [1.807, 2.05) is 4.68 Å². The summed E-state index contributed by atoms with van der Waals surface area (Å²) < 4.78 is 1.97. The van der Waals surface area contributed by atoms with Crippen LogP contribution in [0.15, 0.2) is 0 Å². The molecule has 0 fully saturated rings. The Bertz CT molecular complexity index is 494. The molecule has 0 radical (unpaired) electrons. The molecule has 5 heteroatoms. The molecule has 0 aromatic carbocycles. The van der Waals surface area contributed by atoms with Crippen molar-refractivity contribution in [3.05, 3.63) is 5.69 Å². The molecule has 0 saturated heterocycles. The molecule has 1 atom stereocenters. The van der Waals surface area contributed by atoms with E-state index in [4.69, 9.17) is 5.73 Å². The number of hydrogen-bond acceptors (Lipinski definition) is 3. The lowest BCUT2D eigenvalue weighted by Crippen LogP contribution is -2.07. The van der Waals surface area contributed by atoms with Crippen LogP contribution in [0.25, 0.3) is 11.0 Å². The lowest BCUT2D eigenvalue weighted by atomic mass is 10.1. The van der Waals surface area contributed by atoms with Gasteiger partial charge in [-0.25, -0.2) is 4.68 Å². The predicted octanol–water partition coefficient (Wildman–Crippen LogP) is 2.44. The first kappa shape index (κ1) is 11.0. The highest BCUT2D eigenvalue weighted by molar-refractivity contribution is 5.89. The molecule has 5 nitrogen and oxygen atoms in total. The minimum absolute atomic E-state index is 0.345. The zero-order valence-electron chi connectivity index (χ0n) is 10.3. The number of nitrogens with zero attached hydrogens (tertiary/aromatic N) is 3. The van der Waals surface area contributed by atoms with E-state index in [1.54, 1.807) is 0 Å². The SMILES string of the molecule is CCC(C)n1nc(C(C)C)c2c(N)[nH]nc21. The quantitative estimate of drug-likeness (QED) is 0.836. The molecular weight excluding hydrogens is 202 g/mol. The number of hydrogen-bond donors (Lipinski definition) is 2. The van der Waals surface area contributed by atoms with Gasteiger partial charge in [0.15, 0.2) is 5.65 Å². The largest absolute Gasteiger partial charge is 0.383 e. The van der Waals surface area contributed by atoms with E-state index in [2.05, 4.69) is 43.0 Å². The second-order valence-electron chi connectivity index (χ2n) is 4.58. The number of fused-ring (bicyclic) bond motifs is 1. The van der Waals surface area contributed by atoms with Crippen molar-refractivity contribution in [3.8, 4) is 0 Å². The average Bonchev–Trinajstić information content (AvgIpc) is 2.78. The Morgan fingerprint density at radius 3 is 2.62 bits per heavy atom. The standard InChI is InChI=1S/C11H19N5/c1-5-7(4)16-11-8(10(12)13-14-11)9(15-16)6(2)3/h6-7H,5H2,1-4H3,(H3,12,13,14). The summed E-state index contributed by atoms with van der Waals surface area (Å²) in [5.41, 5.74) is 7.80. The molecular formula is C11H19N5. The van der Waals surface area contributed by atoms with Crippen molar-refractivity contribution in [2.75, 3.05) is 5.73 Å². The molecule has 0 aliphatic carbocycles. The Kier molecular flexibility index (Phi) is 2.61. The van der Waals surface area contributed by atoms with Gasteiger partial charge in [0.2, 0.25) is 0 Å². The monoisotopic (exact) mass is 221 g/mol. The first-order chi connectivity index (χ1) is 7.56. The highest BCUT2D eigenvalue weighted by atomic mass is 15.4. The molecule has 0 aliphatic heterocycles. The molecule has 2 aromatic rings. The molecule has 0 amide bonds. The molecule has 2 aromatic heterocycles. The maximum absolute atomic E-state index is 5.90. The van der Waals surface area contributed by atoms with E-state index >= 15 is 0 Å². The summed E-state index contributed by atoms with van der Waals surface area (Å²) in [7, 11) is 0. The molecule has 0 saturated carbocycles. The summed E-state index contributed by atoms with van der Waals surface area (Å²) in [5.74, 6) is 0.973. The molecule has 0 aliphatic rings. The summed E-state index contributed by atoms with van der Waals surface area (Å²) in [6, 6.07) is 0.345. The number of aromatic amines is 1. The van der Waals surface area contributed by atoms with Crippen molar-refractivity contribution in [2.45, 2.75) is 46.1 Å². The summed E-state index contributed by atoms with van der Waals surface area (Å²) in [4.78, 5) is 0. The second-order valence-corrected chi connectivity index (χ2v) is 4.58. The van der Waals surface area contributed by atoms with Crippen molar-refractivity contribution in [1.82, 2.24) is 20.0 Å². The molecule has 1 unspecified atom stereocenters. The minimum atomic E-state index is 0.345. The fraction of sp³-hybridized carbons (Fsp3) is 0.636. The van der Waals surface area contributed by atoms with Gasteiger partial charge in [0.25, 0.3) is 0 Å². The number of anilines is 1. The van der Waals surface area contributed by atoms with E-state index in [0.29, 0.717) is 17.8 Å². The van der Waals surface area contributed by atoms with Gasteiger partial charge < -0.3 is 5.73 Å². The van der Waals surface area contributed by atoms with Crippen molar-refractivity contribution >= 4 is 16.9 Å².